The van der Waals surface area contributed by atoms with Crippen LogP contribution in [0.5, 0.6) is 0 Å². The minimum atomic E-state index is -0.864. The summed E-state index contributed by atoms with van der Waals surface area (Å²) in [6.45, 7) is 3.93. The molecule has 0 saturated heterocycles. The summed E-state index contributed by atoms with van der Waals surface area (Å²) in [5, 5.41) is 20.8. The zero-order chi connectivity index (χ0) is 13.9. The molecule has 0 saturated carbocycles. The Kier molecular flexibility index (Phi) is 3.64. The number of tetrazole rings is 1. The summed E-state index contributed by atoms with van der Waals surface area (Å²) in [7, 11) is 0. The van der Waals surface area contributed by atoms with Gasteiger partial charge in [-0.25, -0.2) is 4.68 Å². The van der Waals surface area contributed by atoms with E-state index in [0.29, 0.717) is 24.4 Å². The Balaban J connectivity index is 2.34. The predicted molar refractivity (Wildman–Crippen MR) is 66.2 cm³/mol. The van der Waals surface area contributed by atoms with Crippen LogP contribution in [0.15, 0.2) is 22.8 Å². The summed E-state index contributed by atoms with van der Waals surface area (Å²) < 4.78 is 6.74. The maximum Gasteiger partial charge on any atom is 0.311 e. The van der Waals surface area contributed by atoms with E-state index in [9.17, 15) is 9.90 Å². The lowest BCUT2D eigenvalue weighted by Crippen LogP contribution is -2.35. The topological polar surface area (TPSA) is 94.0 Å². The molecule has 7 nitrogen and oxygen atoms in total. The van der Waals surface area contributed by atoms with Gasteiger partial charge in [-0.3, -0.25) is 4.79 Å². The first-order valence-corrected chi connectivity index (χ1v) is 6.16. The molecule has 2 rings (SSSR count). The van der Waals surface area contributed by atoms with Crippen molar-refractivity contribution in [2.24, 2.45) is 5.41 Å². The summed E-state index contributed by atoms with van der Waals surface area (Å²) in [4.78, 5) is 11.5. The van der Waals surface area contributed by atoms with Crippen molar-refractivity contribution in [2.75, 3.05) is 0 Å². The molecule has 0 aliphatic rings. The lowest BCUT2D eigenvalue weighted by atomic mass is 9.82. The number of furan rings is 1. The minimum absolute atomic E-state index is 0.221. The highest BCUT2D eigenvalue weighted by Gasteiger charge is 2.36. The number of rotatable bonds is 6. The van der Waals surface area contributed by atoms with E-state index in [1.807, 2.05) is 13.8 Å². The number of carbonyl (C=O) groups is 1. The maximum atomic E-state index is 11.5. The molecular formula is C12H16N4O3. The fourth-order valence-corrected chi connectivity index (χ4v) is 2.02. The SMILES string of the molecule is CCC(CC)(Cn1nnnc1-c1ccco1)C(=O)O. The molecule has 0 unspecified atom stereocenters. The van der Waals surface area contributed by atoms with Gasteiger partial charge in [-0.1, -0.05) is 13.8 Å². The highest BCUT2D eigenvalue weighted by molar-refractivity contribution is 5.74. The smallest absolute Gasteiger partial charge is 0.311 e. The number of nitrogens with zero attached hydrogens (tertiary/aromatic N) is 4. The average Bonchev–Trinajstić information content (AvgIpc) is 3.06. The van der Waals surface area contributed by atoms with Crippen molar-refractivity contribution in [3.8, 4) is 11.6 Å². The Bertz CT molecular complexity index is 543. The van der Waals surface area contributed by atoms with Crippen molar-refractivity contribution < 1.29 is 14.3 Å². The first-order chi connectivity index (χ1) is 9.13. The molecule has 2 aromatic heterocycles. The summed E-state index contributed by atoms with van der Waals surface area (Å²) in [6.07, 6.45) is 2.55. The van der Waals surface area contributed by atoms with Gasteiger partial charge in [0.25, 0.3) is 0 Å². The zero-order valence-corrected chi connectivity index (χ0v) is 10.9. The summed E-state index contributed by atoms with van der Waals surface area (Å²) >= 11 is 0. The number of carboxylic acid groups (broad SMARTS) is 1. The van der Waals surface area contributed by atoms with Gasteiger partial charge in [-0.2, -0.15) is 0 Å². The Morgan fingerprint density at radius 1 is 1.47 bits per heavy atom. The van der Waals surface area contributed by atoms with Crippen LogP contribution in [0.3, 0.4) is 0 Å². The Hall–Kier alpha value is -2.18. The second-order valence-corrected chi connectivity index (χ2v) is 4.43. The van der Waals surface area contributed by atoms with Gasteiger partial charge in [0.05, 0.1) is 18.2 Å². The second-order valence-electron chi connectivity index (χ2n) is 4.43. The van der Waals surface area contributed by atoms with E-state index in [2.05, 4.69) is 15.5 Å². The van der Waals surface area contributed by atoms with E-state index in [0.717, 1.165) is 0 Å². The average molecular weight is 264 g/mol. The van der Waals surface area contributed by atoms with Crippen LogP contribution in [0, 0.1) is 5.41 Å². The molecule has 0 aromatic carbocycles. The van der Waals surface area contributed by atoms with Crippen LogP contribution < -0.4 is 0 Å². The van der Waals surface area contributed by atoms with Crippen molar-refractivity contribution in [3.05, 3.63) is 18.4 Å². The van der Waals surface area contributed by atoms with Gasteiger partial charge in [0.2, 0.25) is 5.82 Å². The normalized spacial score (nSPS) is 11.7. The molecular weight excluding hydrogens is 248 g/mol. The maximum absolute atomic E-state index is 11.5. The molecule has 2 heterocycles. The van der Waals surface area contributed by atoms with Crippen LogP contribution in [-0.4, -0.2) is 31.3 Å². The van der Waals surface area contributed by atoms with Gasteiger partial charge in [0.15, 0.2) is 5.76 Å². The summed E-state index contributed by atoms with van der Waals surface area (Å²) in [5.74, 6) is 0.132. The highest BCUT2D eigenvalue weighted by atomic mass is 16.4. The number of hydrogen-bond donors (Lipinski definition) is 1. The minimum Gasteiger partial charge on any atom is -0.481 e. The highest BCUT2D eigenvalue weighted by Crippen LogP contribution is 2.30. The largest absolute Gasteiger partial charge is 0.481 e. The molecule has 0 radical (unpaired) electrons. The Labute approximate surface area is 110 Å². The van der Waals surface area contributed by atoms with Crippen LogP contribution in [0.2, 0.25) is 0 Å². The van der Waals surface area contributed by atoms with Crippen molar-refractivity contribution in [1.82, 2.24) is 20.2 Å². The summed E-state index contributed by atoms with van der Waals surface area (Å²) in [5.41, 5.74) is -0.864. The van der Waals surface area contributed by atoms with Gasteiger partial charge in [-0.05, 0) is 35.4 Å². The molecule has 102 valence electrons. The van der Waals surface area contributed by atoms with E-state index in [4.69, 9.17) is 4.42 Å². The molecule has 0 amide bonds. The lowest BCUT2D eigenvalue weighted by molar-refractivity contribution is -0.150. The molecule has 0 aliphatic carbocycles. The van der Waals surface area contributed by atoms with E-state index in [1.54, 1.807) is 12.1 Å². The Morgan fingerprint density at radius 2 is 2.21 bits per heavy atom. The van der Waals surface area contributed by atoms with Crippen LogP contribution in [0.1, 0.15) is 26.7 Å². The second kappa shape index (κ2) is 5.21. The van der Waals surface area contributed by atoms with Gasteiger partial charge < -0.3 is 9.52 Å². The van der Waals surface area contributed by atoms with E-state index < -0.39 is 11.4 Å². The van der Waals surface area contributed by atoms with Crippen LogP contribution in [-0.2, 0) is 11.3 Å². The van der Waals surface area contributed by atoms with E-state index in [-0.39, 0.29) is 6.54 Å². The van der Waals surface area contributed by atoms with Crippen molar-refractivity contribution in [3.63, 3.8) is 0 Å². The molecule has 0 aliphatic heterocycles. The molecule has 0 atom stereocenters. The molecule has 0 fully saturated rings. The van der Waals surface area contributed by atoms with Crippen LogP contribution in [0.25, 0.3) is 11.6 Å². The van der Waals surface area contributed by atoms with E-state index >= 15 is 0 Å². The fraction of sp³-hybridized carbons (Fsp3) is 0.500. The fourth-order valence-electron chi connectivity index (χ4n) is 2.02. The van der Waals surface area contributed by atoms with Crippen molar-refractivity contribution >= 4 is 5.97 Å². The number of hydrogen-bond acceptors (Lipinski definition) is 5. The third-order valence-electron chi connectivity index (χ3n) is 3.53. The lowest BCUT2D eigenvalue weighted by Gasteiger charge is -2.26. The van der Waals surface area contributed by atoms with Gasteiger partial charge in [0.1, 0.15) is 0 Å². The molecule has 0 bridgehead atoms. The molecule has 2 aromatic rings. The number of aromatic nitrogens is 4. The van der Waals surface area contributed by atoms with Crippen molar-refractivity contribution in [1.29, 1.82) is 0 Å². The standard InChI is InChI=1S/C12H16N4O3/c1-3-12(4-2,11(17)18)8-16-10(13-14-15-16)9-6-5-7-19-9/h5-7H,3-4,8H2,1-2H3,(H,17,18). The summed E-state index contributed by atoms with van der Waals surface area (Å²) in [6, 6.07) is 3.47. The third-order valence-corrected chi connectivity index (χ3v) is 3.53. The van der Waals surface area contributed by atoms with Gasteiger partial charge in [0, 0.05) is 0 Å². The van der Waals surface area contributed by atoms with Gasteiger partial charge >= 0.3 is 5.97 Å². The molecule has 0 spiro atoms. The molecule has 19 heavy (non-hydrogen) atoms. The first kappa shape index (κ1) is 13.3. The first-order valence-electron chi connectivity index (χ1n) is 6.16. The van der Waals surface area contributed by atoms with Crippen LogP contribution in [0.4, 0.5) is 0 Å². The van der Waals surface area contributed by atoms with E-state index in [1.165, 1.54) is 10.9 Å². The number of aliphatic carboxylic acids is 1. The predicted octanol–water partition coefficient (Wildman–Crippen LogP) is 1.82. The molecule has 7 heteroatoms. The Morgan fingerprint density at radius 3 is 2.74 bits per heavy atom. The monoisotopic (exact) mass is 264 g/mol. The number of carboxylic acids is 1. The third kappa shape index (κ3) is 2.35. The molecule has 1 N–H and O–H groups in total. The van der Waals surface area contributed by atoms with Crippen LogP contribution >= 0.6 is 0 Å². The van der Waals surface area contributed by atoms with Gasteiger partial charge in [-0.15, -0.1) is 5.10 Å². The zero-order valence-electron chi connectivity index (χ0n) is 10.9. The van der Waals surface area contributed by atoms with Crippen molar-refractivity contribution in [2.45, 2.75) is 33.2 Å². The quantitative estimate of drug-likeness (QED) is 0.855.